The van der Waals surface area contributed by atoms with Gasteiger partial charge < -0.3 is 10.1 Å². The molecule has 0 bridgehead atoms. The van der Waals surface area contributed by atoms with Crippen molar-refractivity contribution >= 4 is 46.5 Å². The van der Waals surface area contributed by atoms with Gasteiger partial charge in [-0.3, -0.25) is 4.68 Å². The monoisotopic (exact) mass is 415 g/mol. The first-order valence-electron chi connectivity index (χ1n) is 8.44. The zero-order valence-electron chi connectivity index (χ0n) is 15.6. The third-order valence-electron chi connectivity index (χ3n) is 4.30. The summed E-state index contributed by atoms with van der Waals surface area (Å²) in [4.78, 5) is 9.50. The van der Waals surface area contributed by atoms with Crippen molar-refractivity contribution in [1.29, 1.82) is 0 Å². The Bertz CT molecular complexity index is 1130. The maximum absolute atomic E-state index is 6.14. The first-order valence-corrected chi connectivity index (χ1v) is 8.82. The van der Waals surface area contributed by atoms with Crippen molar-refractivity contribution in [1.82, 2.24) is 19.7 Å². The lowest BCUT2D eigenvalue weighted by molar-refractivity contribution is 0.415. The second kappa shape index (κ2) is 8.04. The van der Waals surface area contributed by atoms with E-state index in [0.29, 0.717) is 22.4 Å². The fraction of sp³-hybridized carbons (Fsp3) is 0.150. The fourth-order valence-electron chi connectivity index (χ4n) is 3.01. The highest BCUT2D eigenvalue weighted by Crippen LogP contribution is 2.32. The molecular formula is C20H19Cl2N5O. The Morgan fingerprint density at radius 1 is 1.07 bits per heavy atom. The van der Waals surface area contributed by atoms with Gasteiger partial charge in [-0.25, -0.2) is 9.97 Å². The van der Waals surface area contributed by atoms with Gasteiger partial charge in [0, 0.05) is 24.4 Å². The number of hydrogen-bond acceptors (Lipinski definition) is 5. The van der Waals surface area contributed by atoms with Crippen LogP contribution in [0.5, 0.6) is 5.75 Å². The van der Waals surface area contributed by atoms with Crippen molar-refractivity contribution in [3.05, 3.63) is 59.2 Å². The minimum Gasteiger partial charge on any atom is -0.495 e. The van der Waals surface area contributed by atoms with Crippen LogP contribution in [0, 0.1) is 6.92 Å². The molecule has 144 valence electrons. The minimum atomic E-state index is 0. The molecule has 2 aromatic carbocycles. The molecule has 0 fully saturated rings. The molecular weight excluding hydrogens is 397 g/mol. The molecule has 0 unspecified atom stereocenters. The standard InChI is InChI=1S/C20H18ClN5O.ClH/c1-12-17-18(26(2)25-12)20(22-14-9-10-15(21)16(11-14)27-3)24-19(23-17)13-7-5-4-6-8-13;/h4-11H,1-3H3,(H,22,23,24);1H. The molecule has 28 heavy (non-hydrogen) atoms. The maximum Gasteiger partial charge on any atom is 0.162 e. The van der Waals surface area contributed by atoms with E-state index in [0.717, 1.165) is 28.0 Å². The van der Waals surface area contributed by atoms with Gasteiger partial charge in [0.1, 0.15) is 16.8 Å². The molecule has 2 heterocycles. The predicted molar refractivity (Wildman–Crippen MR) is 115 cm³/mol. The molecule has 2 aromatic heterocycles. The quantitative estimate of drug-likeness (QED) is 0.498. The molecule has 0 aliphatic carbocycles. The Morgan fingerprint density at radius 3 is 2.54 bits per heavy atom. The Morgan fingerprint density at radius 2 is 1.82 bits per heavy atom. The molecule has 6 nitrogen and oxygen atoms in total. The van der Waals surface area contributed by atoms with Gasteiger partial charge in [0.15, 0.2) is 11.6 Å². The lowest BCUT2D eigenvalue weighted by Gasteiger charge is -2.11. The summed E-state index contributed by atoms with van der Waals surface area (Å²) < 4.78 is 7.10. The first-order chi connectivity index (χ1) is 13.1. The zero-order chi connectivity index (χ0) is 19.0. The van der Waals surface area contributed by atoms with E-state index in [4.69, 9.17) is 26.3 Å². The number of fused-ring (bicyclic) bond motifs is 1. The summed E-state index contributed by atoms with van der Waals surface area (Å²) in [6.45, 7) is 1.94. The zero-order valence-corrected chi connectivity index (χ0v) is 17.2. The van der Waals surface area contributed by atoms with E-state index in [1.54, 1.807) is 17.9 Å². The van der Waals surface area contributed by atoms with Crippen LogP contribution in [0.3, 0.4) is 0 Å². The van der Waals surface area contributed by atoms with E-state index >= 15 is 0 Å². The lowest BCUT2D eigenvalue weighted by atomic mass is 10.2. The summed E-state index contributed by atoms with van der Waals surface area (Å²) in [7, 11) is 3.47. The van der Waals surface area contributed by atoms with E-state index in [1.807, 2.05) is 56.4 Å². The Balaban J connectivity index is 0.00000225. The summed E-state index contributed by atoms with van der Waals surface area (Å²) in [6.07, 6.45) is 0. The van der Waals surface area contributed by atoms with Gasteiger partial charge in [-0.2, -0.15) is 5.10 Å². The highest BCUT2D eigenvalue weighted by Gasteiger charge is 2.16. The van der Waals surface area contributed by atoms with Crippen molar-refractivity contribution in [2.24, 2.45) is 7.05 Å². The highest BCUT2D eigenvalue weighted by atomic mass is 35.5. The first kappa shape index (κ1) is 19.9. The summed E-state index contributed by atoms with van der Waals surface area (Å²) >= 11 is 6.14. The van der Waals surface area contributed by atoms with Crippen molar-refractivity contribution in [2.45, 2.75) is 6.92 Å². The lowest BCUT2D eigenvalue weighted by Crippen LogP contribution is -2.02. The van der Waals surface area contributed by atoms with Gasteiger partial charge in [-0.15, -0.1) is 12.4 Å². The molecule has 0 radical (unpaired) electrons. The number of aryl methyl sites for hydroxylation is 2. The molecule has 0 atom stereocenters. The Hall–Kier alpha value is -2.83. The van der Waals surface area contributed by atoms with Gasteiger partial charge in [0.25, 0.3) is 0 Å². The van der Waals surface area contributed by atoms with Gasteiger partial charge in [-0.05, 0) is 19.1 Å². The summed E-state index contributed by atoms with van der Waals surface area (Å²) in [6, 6.07) is 15.4. The van der Waals surface area contributed by atoms with Crippen LogP contribution in [-0.4, -0.2) is 26.9 Å². The molecule has 8 heteroatoms. The second-order valence-electron chi connectivity index (χ2n) is 6.14. The number of nitrogens with zero attached hydrogens (tertiary/aromatic N) is 4. The number of hydrogen-bond donors (Lipinski definition) is 1. The molecule has 4 rings (SSSR count). The van der Waals surface area contributed by atoms with Gasteiger partial charge in [-0.1, -0.05) is 41.9 Å². The number of benzene rings is 2. The van der Waals surface area contributed by atoms with Crippen LogP contribution in [0.4, 0.5) is 11.5 Å². The van der Waals surface area contributed by atoms with Crippen LogP contribution in [0.15, 0.2) is 48.5 Å². The number of rotatable bonds is 4. The SMILES string of the molecule is COc1cc(Nc2nc(-c3ccccc3)nc3c(C)nn(C)c23)ccc1Cl.Cl. The van der Waals surface area contributed by atoms with Gasteiger partial charge in [0.05, 0.1) is 17.8 Å². The fourth-order valence-corrected chi connectivity index (χ4v) is 3.21. The predicted octanol–water partition coefficient (Wildman–Crippen LogP) is 5.17. The van der Waals surface area contributed by atoms with Crippen LogP contribution in [0.2, 0.25) is 5.02 Å². The molecule has 0 amide bonds. The highest BCUT2D eigenvalue weighted by molar-refractivity contribution is 6.32. The van der Waals surface area contributed by atoms with Crippen molar-refractivity contribution in [3.8, 4) is 17.1 Å². The number of halogens is 2. The summed E-state index contributed by atoms with van der Waals surface area (Å²) in [5, 5.41) is 8.42. The molecule has 0 aliphatic rings. The summed E-state index contributed by atoms with van der Waals surface area (Å²) in [5.74, 6) is 1.91. The number of anilines is 2. The largest absolute Gasteiger partial charge is 0.495 e. The second-order valence-corrected chi connectivity index (χ2v) is 6.55. The number of nitrogens with one attached hydrogen (secondary N) is 1. The molecule has 4 aromatic rings. The van der Waals surface area contributed by atoms with Gasteiger partial charge in [0.2, 0.25) is 0 Å². The number of ether oxygens (including phenoxy) is 1. The van der Waals surface area contributed by atoms with E-state index in [1.165, 1.54) is 0 Å². The van der Waals surface area contributed by atoms with E-state index in [2.05, 4.69) is 10.4 Å². The third kappa shape index (κ3) is 3.61. The van der Waals surface area contributed by atoms with Crippen molar-refractivity contribution < 1.29 is 4.74 Å². The van der Waals surface area contributed by atoms with Crippen LogP contribution in [0.1, 0.15) is 5.69 Å². The van der Waals surface area contributed by atoms with Crippen LogP contribution in [-0.2, 0) is 7.05 Å². The average Bonchev–Trinajstić information content (AvgIpc) is 2.98. The average molecular weight is 416 g/mol. The molecule has 0 spiro atoms. The van der Waals surface area contributed by atoms with E-state index < -0.39 is 0 Å². The van der Waals surface area contributed by atoms with Crippen LogP contribution < -0.4 is 10.1 Å². The van der Waals surface area contributed by atoms with Crippen molar-refractivity contribution in [2.75, 3.05) is 12.4 Å². The third-order valence-corrected chi connectivity index (χ3v) is 4.61. The molecule has 0 saturated carbocycles. The van der Waals surface area contributed by atoms with Gasteiger partial charge >= 0.3 is 0 Å². The molecule has 0 aliphatic heterocycles. The normalized spacial score (nSPS) is 10.6. The smallest absolute Gasteiger partial charge is 0.162 e. The minimum absolute atomic E-state index is 0. The van der Waals surface area contributed by atoms with Crippen LogP contribution in [0.25, 0.3) is 22.4 Å². The topological polar surface area (TPSA) is 64.9 Å². The van der Waals surface area contributed by atoms with E-state index in [-0.39, 0.29) is 12.4 Å². The Kier molecular flexibility index (Phi) is 5.72. The number of methoxy groups -OCH3 is 1. The molecule has 0 saturated heterocycles. The Labute approximate surface area is 173 Å². The maximum atomic E-state index is 6.14. The van der Waals surface area contributed by atoms with E-state index in [9.17, 15) is 0 Å². The van der Waals surface area contributed by atoms with Crippen molar-refractivity contribution in [3.63, 3.8) is 0 Å². The molecule has 1 N–H and O–H groups in total. The van der Waals surface area contributed by atoms with Crippen LogP contribution >= 0.6 is 24.0 Å². The summed E-state index contributed by atoms with van der Waals surface area (Å²) in [5.41, 5.74) is 4.26. The number of aromatic nitrogens is 4.